The molecule has 0 aliphatic carbocycles. The van der Waals surface area contributed by atoms with Crippen molar-refractivity contribution >= 4 is 23.5 Å². The van der Waals surface area contributed by atoms with Gasteiger partial charge in [0.15, 0.2) is 0 Å². The SMILES string of the molecule is O=C(O)Nc1ccccc1SCc1ccccc1. The lowest BCUT2D eigenvalue weighted by molar-refractivity contribution is 0.209. The summed E-state index contributed by atoms with van der Waals surface area (Å²) in [4.78, 5) is 11.6. The van der Waals surface area contributed by atoms with Crippen LogP contribution in [0.5, 0.6) is 0 Å². The van der Waals surface area contributed by atoms with Crippen LogP contribution in [0.15, 0.2) is 59.5 Å². The summed E-state index contributed by atoms with van der Waals surface area (Å²) >= 11 is 1.62. The van der Waals surface area contributed by atoms with Crippen LogP contribution in [0, 0.1) is 0 Å². The van der Waals surface area contributed by atoms with Gasteiger partial charge in [-0.3, -0.25) is 5.32 Å². The second-order valence-corrected chi connectivity index (χ2v) is 4.72. The molecule has 0 unspecified atom stereocenters. The molecular formula is C14H13NO2S. The van der Waals surface area contributed by atoms with Gasteiger partial charge in [0.25, 0.3) is 0 Å². The van der Waals surface area contributed by atoms with Gasteiger partial charge in [-0.1, -0.05) is 42.5 Å². The average Bonchev–Trinajstić information content (AvgIpc) is 2.38. The van der Waals surface area contributed by atoms with E-state index in [-0.39, 0.29) is 0 Å². The Morgan fingerprint density at radius 2 is 1.72 bits per heavy atom. The number of thioether (sulfide) groups is 1. The van der Waals surface area contributed by atoms with Crippen LogP contribution in [0.25, 0.3) is 0 Å². The van der Waals surface area contributed by atoms with Crippen LogP contribution in [-0.2, 0) is 5.75 Å². The molecule has 2 aromatic carbocycles. The van der Waals surface area contributed by atoms with Crippen LogP contribution >= 0.6 is 11.8 Å². The maximum absolute atomic E-state index is 10.7. The first-order valence-corrected chi connectivity index (χ1v) is 6.50. The van der Waals surface area contributed by atoms with Crippen molar-refractivity contribution in [3.63, 3.8) is 0 Å². The number of rotatable bonds is 4. The Morgan fingerprint density at radius 1 is 1.06 bits per heavy atom. The van der Waals surface area contributed by atoms with Crippen LogP contribution in [0.4, 0.5) is 10.5 Å². The van der Waals surface area contributed by atoms with Gasteiger partial charge in [0.1, 0.15) is 0 Å². The second-order valence-electron chi connectivity index (χ2n) is 3.70. The molecule has 3 nitrogen and oxygen atoms in total. The topological polar surface area (TPSA) is 49.3 Å². The molecular weight excluding hydrogens is 246 g/mol. The quantitative estimate of drug-likeness (QED) is 0.814. The lowest BCUT2D eigenvalue weighted by atomic mass is 10.2. The molecule has 0 atom stereocenters. The summed E-state index contributed by atoms with van der Waals surface area (Å²) < 4.78 is 0. The van der Waals surface area contributed by atoms with Crippen molar-refractivity contribution in [2.45, 2.75) is 10.6 Å². The van der Waals surface area contributed by atoms with Gasteiger partial charge in [-0.25, -0.2) is 4.79 Å². The number of carboxylic acid groups (broad SMARTS) is 1. The molecule has 18 heavy (non-hydrogen) atoms. The lowest BCUT2D eigenvalue weighted by Crippen LogP contribution is -2.07. The zero-order valence-corrected chi connectivity index (χ0v) is 10.5. The molecule has 2 N–H and O–H groups in total. The molecule has 0 fully saturated rings. The van der Waals surface area contributed by atoms with E-state index < -0.39 is 6.09 Å². The van der Waals surface area contributed by atoms with Crippen molar-refractivity contribution in [3.8, 4) is 0 Å². The Balaban J connectivity index is 2.07. The zero-order chi connectivity index (χ0) is 12.8. The van der Waals surface area contributed by atoms with Gasteiger partial charge < -0.3 is 5.11 Å². The fraction of sp³-hybridized carbons (Fsp3) is 0.0714. The predicted octanol–water partition coefficient (Wildman–Crippen LogP) is 4.07. The van der Waals surface area contributed by atoms with E-state index in [2.05, 4.69) is 17.4 Å². The molecule has 1 amide bonds. The molecule has 0 saturated carbocycles. The molecule has 2 rings (SSSR count). The van der Waals surface area contributed by atoms with Crippen molar-refractivity contribution < 1.29 is 9.90 Å². The highest BCUT2D eigenvalue weighted by molar-refractivity contribution is 7.98. The van der Waals surface area contributed by atoms with Gasteiger partial charge in [0, 0.05) is 10.6 Å². The highest BCUT2D eigenvalue weighted by Crippen LogP contribution is 2.29. The summed E-state index contributed by atoms with van der Waals surface area (Å²) in [5.41, 5.74) is 1.85. The third-order valence-electron chi connectivity index (χ3n) is 2.37. The van der Waals surface area contributed by atoms with Crippen LogP contribution in [0.2, 0.25) is 0 Å². The van der Waals surface area contributed by atoms with Gasteiger partial charge in [-0.15, -0.1) is 11.8 Å². The molecule has 0 saturated heterocycles. The Kier molecular flexibility index (Phi) is 4.25. The maximum atomic E-state index is 10.7. The number of carbonyl (C=O) groups is 1. The molecule has 2 aromatic rings. The average molecular weight is 259 g/mol. The third kappa shape index (κ3) is 3.53. The fourth-order valence-electron chi connectivity index (χ4n) is 1.55. The van der Waals surface area contributed by atoms with Crippen LogP contribution < -0.4 is 5.32 Å². The molecule has 0 heterocycles. The van der Waals surface area contributed by atoms with Crippen LogP contribution in [-0.4, -0.2) is 11.2 Å². The lowest BCUT2D eigenvalue weighted by Gasteiger charge is -2.08. The van der Waals surface area contributed by atoms with E-state index >= 15 is 0 Å². The van der Waals surface area contributed by atoms with Gasteiger partial charge in [-0.2, -0.15) is 0 Å². The van der Waals surface area contributed by atoms with E-state index in [1.165, 1.54) is 5.56 Å². The highest BCUT2D eigenvalue weighted by atomic mass is 32.2. The third-order valence-corrected chi connectivity index (χ3v) is 3.51. The monoisotopic (exact) mass is 259 g/mol. The molecule has 0 radical (unpaired) electrons. The number of amides is 1. The summed E-state index contributed by atoms with van der Waals surface area (Å²) in [6.07, 6.45) is -1.04. The van der Waals surface area contributed by atoms with Crippen molar-refractivity contribution in [2.24, 2.45) is 0 Å². The first-order chi connectivity index (χ1) is 8.75. The highest BCUT2D eigenvalue weighted by Gasteiger charge is 2.05. The summed E-state index contributed by atoms with van der Waals surface area (Å²) in [6, 6.07) is 17.5. The largest absolute Gasteiger partial charge is 0.465 e. The van der Waals surface area contributed by atoms with E-state index in [0.717, 1.165) is 10.6 Å². The number of hydrogen-bond acceptors (Lipinski definition) is 2. The molecule has 0 aliphatic heterocycles. The predicted molar refractivity (Wildman–Crippen MR) is 74.1 cm³/mol. The standard InChI is InChI=1S/C14H13NO2S/c16-14(17)15-12-8-4-5-9-13(12)18-10-11-6-2-1-3-7-11/h1-9,15H,10H2,(H,16,17). The van der Waals surface area contributed by atoms with E-state index in [1.54, 1.807) is 17.8 Å². The van der Waals surface area contributed by atoms with Crippen LogP contribution in [0.1, 0.15) is 5.56 Å². The number of hydrogen-bond donors (Lipinski definition) is 2. The Morgan fingerprint density at radius 3 is 2.44 bits per heavy atom. The van der Waals surface area contributed by atoms with Crippen molar-refractivity contribution in [3.05, 3.63) is 60.2 Å². The second kappa shape index (κ2) is 6.12. The van der Waals surface area contributed by atoms with Gasteiger partial charge in [-0.05, 0) is 17.7 Å². The maximum Gasteiger partial charge on any atom is 0.409 e. The first-order valence-electron chi connectivity index (χ1n) is 5.51. The Hall–Kier alpha value is -1.94. The molecule has 0 spiro atoms. The van der Waals surface area contributed by atoms with E-state index in [0.29, 0.717) is 5.69 Å². The number of anilines is 1. The first kappa shape index (κ1) is 12.5. The van der Waals surface area contributed by atoms with Gasteiger partial charge >= 0.3 is 6.09 Å². The van der Waals surface area contributed by atoms with Crippen molar-refractivity contribution in [2.75, 3.05) is 5.32 Å². The van der Waals surface area contributed by atoms with Gasteiger partial charge in [0.05, 0.1) is 5.69 Å². The van der Waals surface area contributed by atoms with Crippen molar-refractivity contribution in [1.82, 2.24) is 0 Å². The minimum absolute atomic E-state index is 0.630. The number of para-hydroxylation sites is 1. The Bertz CT molecular complexity index is 528. The number of benzene rings is 2. The summed E-state index contributed by atoms with van der Waals surface area (Å²) in [6.45, 7) is 0. The fourth-order valence-corrected chi connectivity index (χ4v) is 2.51. The van der Waals surface area contributed by atoms with E-state index in [1.807, 2.05) is 36.4 Å². The van der Waals surface area contributed by atoms with E-state index in [9.17, 15) is 4.79 Å². The summed E-state index contributed by atoms with van der Waals surface area (Å²) in [7, 11) is 0. The minimum atomic E-state index is -1.04. The molecule has 0 aromatic heterocycles. The molecule has 92 valence electrons. The molecule has 4 heteroatoms. The van der Waals surface area contributed by atoms with Crippen LogP contribution in [0.3, 0.4) is 0 Å². The number of nitrogens with one attached hydrogen (secondary N) is 1. The minimum Gasteiger partial charge on any atom is -0.465 e. The smallest absolute Gasteiger partial charge is 0.409 e. The van der Waals surface area contributed by atoms with Crippen molar-refractivity contribution in [1.29, 1.82) is 0 Å². The zero-order valence-electron chi connectivity index (χ0n) is 9.67. The normalized spacial score (nSPS) is 10.0. The molecule has 0 bridgehead atoms. The molecule has 0 aliphatic rings. The Labute approximate surface area is 110 Å². The van der Waals surface area contributed by atoms with E-state index in [4.69, 9.17) is 5.11 Å². The summed E-state index contributed by atoms with van der Waals surface area (Å²) in [5.74, 6) is 0.819. The summed E-state index contributed by atoms with van der Waals surface area (Å²) in [5, 5.41) is 11.2. The van der Waals surface area contributed by atoms with Gasteiger partial charge in [0.2, 0.25) is 0 Å².